The summed E-state index contributed by atoms with van der Waals surface area (Å²) in [5, 5.41) is 6.51. The molecule has 2 fully saturated rings. The molecular weight excluding hydrogens is 356 g/mol. The lowest BCUT2D eigenvalue weighted by Crippen LogP contribution is -2.28. The maximum Gasteiger partial charge on any atom is 0.229 e. The molecule has 1 aliphatic carbocycles. The van der Waals surface area contributed by atoms with E-state index in [9.17, 15) is 4.79 Å². The number of nitrogens with one attached hydrogen (secondary N) is 2. The molecular formula is C23H29ClN2O. The van der Waals surface area contributed by atoms with Gasteiger partial charge in [-0.1, -0.05) is 61.7 Å². The average Bonchev–Trinajstić information content (AvgIpc) is 3.20. The first kappa shape index (κ1) is 19.9. The number of hydrogen-bond acceptors (Lipinski definition) is 2. The van der Waals surface area contributed by atoms with Crippen LogP contribution >= 0.6 is 12.4 Å². The van der Waals surface area contributed by atoms with Gasteiger partial charge in [0.15, 0.2) is 0 Å². The van der Waals surface area contributed by atoms with Crippen molar-refractivity contribution in [2.75, 3.05) is 18.4 Å². The molecule has 2 N–H and O–H groups in total. The Morgan fingerprint density at radius 2 is 1.56 bits per heavy atom. The molecule has 2 aromatic carbocycles. The smallest absolute Gasteiger partial charge is 0.229 e. The van der Waals surface area contributed by atoms with E-state index < -0.39 is 0 Å². The van der Waals surface area contributed by atoms with Crippen LogP contribution in [0.15, 0.2) is 54.6 Å². The number of rotatable bonds is 4. The first-order valence-corrected chi connectivity index (χ1v) is 9.98. The topological polar surface area (TPSA) is 41.1 Å². The van der Waals surface area contributed by atoms with Crippen molar-refractivity contribution >= 4 is 24.0 Å². The van der Waals surface area contributed by atoms with E-state index in [-0.39, 0.29) is 30.2 Å². The van der Waals surface area contributed by atoms with Gasteiger partial charge >= 0.3 is 0 Å². The number of halogens is 1. The second-order valence-corrected chi connectivity index (χ2v) is 7.73. The number of benzene rings is 2. The predicted octanol–water partition coefficient (Wildman–Crippen LogP) is 5.10. The third-order valence-electron chi connectivity index (χ3n) is 6.03. The van der Waals surface area contributed by atoms with Crippen LogP contribution in [-0.4, -0.2) is 19.0 Å². The maximum absolute atomic E-state index is 12.8. The molecule has 3 nitrogen and oxygen atoms in total. The molecule has 2 atom stereocenters. The van der Waals surface area contributed by atoms with Gasteiger partial charge in [-0.2, -0.15) is 0 Å². The Kier molecular flexibility index (Phi) is 6.92. The normalized spacial score (nSPS) is 22.8. The van der Waals surface area contributed by atoms with Crippen molar-refractivity contribution in [2.45, 2.75) is 43.9 Å². The van der Waals surface area contributed by atoms with Crippen LogP contribution < -0.4 is 10.6 Å². The molecule has 1 saturated heterocycles. The van der Waals surface area contributed by atoms with Crippen LogP contribution in [-0.2, 0) is 4.79 Å². The molecule has 4 rings (SSSR count). The highest BCUT2D eigenvalue weighted by Crippen LogP contribution is 2.33. The quantitative estimate of drug-likeness (QED) is 0.770. The lowest BCUT2D eigenvalue weighted by Gasteiger charge is -2.22. The molecule has 27 heavy (non-hydrogen) atoms. The molecule has 2 aromatic rings. The van der Waals surface area contributed by atoms with E-state index in [0.717, 1.165) is 18.8 Å². The molecule has 1 saturated carbocycles. The number of amides is 1. The molecule has 144 valence electrons. The van der Waals surface area contributed by atoms with Crippen molar-refractivity contribution in [3.63, 3.8) is 0 Å². The van der Waals surface area contributed by atoms with Crippen molar-refractivity contribution in [3.8, 4) is 0 Å². The van der Waals surface area contributed by atoms with E-state index in [4.69, 9.17) is 0 Å². The Balaban J connectivity index is 0.00000210. The summed E-state index contributed by atoms with van der Waals surface area (Å²) in [6, 6.07) is 18.9. The van der Waals surface area contributed by atoms with E-state index in [2.05, 4.69) is 47.0 Å². The fraction of sp³-hybridized carbons (Fsp3) is 0.435. The Bertz CT molecular complexity index is 726. The zero-order valence-corrected chi connectivity index (χ0v) is 16.5. The zero-order valence-electron chi connectivity index (χ0n) is 15.7. The van der Waals surface area contributed by atoms with Crippen LogP contribution in [0.5, 0.6) is 0 Å². The molecule has 0 spiro atoms. The van der Waals surface area contributed by atoms with Crippen molar-refractivity contribution < 1.29 is 4.79 Å². The number of carbonyl (C=O) groups is 1. The molecule has 4 heteroatoms. The monoisotopic (exact) mass is 384 g/mol. The second-order valence-electron chi connectivity index (χ2n) is 7.73. The fourth-order valence-electron chi connectivity index (χ4n) is 4.51. The van der Waals surface area contributed by atoms with Gasteiger partial charge in [-0.15, -0.1) is 12.4 Å². The van der Waals surface area contributed by atoms with E-state index >= 15 is 0 Å². The van der Waals surface area contributed by atoms with Gasteiger partial charge < -0.3 is 10.6 Å². The lowest BCUT2D eigenvalue weighted by molar-refractivity contribution is -0.119. The Hall–Kier alpha value is -1.84. The Morgan fingerprint density at radius 3 is 2.26 bits per heavy atom. The minimum atomic E-state index is -0.0181. The molecule has 1 heterocycles. The van der Waals surface area contributed by atoms with E-state index in [0.29, 0.717) is 5.92 Å². The van der Waals surface area contributed by atoms with Crippen LogP contribution in [0.25, 0.3) is 0 Å². The Labute approximate surface area is 168 Å². The van der Waals surface area contributed by atoms with Gasteiger partial charge in [0.25, 0.3) is 0 Å². The van der Waals surface area contributed by atoms with Gasteiger partial charge in [-0.25, -0.2) is 0 Å². The van der Waals surface area contributed by atoms with Crippen LogP contribution in [0.3, 0.4) is 0 Å². The summed E-state index contributed by atoms with van der Waals surface area (Å²) < 4.78 is 0. The summed E-state index contributed by atoms with van der Waals surface area (Å²) >= 11 is 0. The van der Waals surface area contributed by atoms with Gasteiger partial charge in [0.2, 0.25) is 5.91 Å². The maximum atomic E-state index is 12.8. The van der Waals surface area contributed by atoms with Gasteiger partial charge in [0, 0.05) is 24.7 Å². The SMILES string of the molecule is Cl.O=C(Nc1ccc(C2CCCCC2)cc1)[C@H]1CNC[C@@H]1c1ccccc1. The van der Waals surface area contributed by atoms with Gasteiger partial charge in [-0.3, -0.25) is 4.79 Å². The van der Waals surface area contributed by atoms with E-state index in [1.54, 1.807) is 0 Å². The van der Waals surface area contributed by atoms with Crippen LogP contribution in [0, 0.1) is 5.92 Å². The van der Waals surface area contributed by atoms with Crippen molar-refractivity contribution in [2.24, 2.45) is 5.92 Å². The number of anilines is 1. The third kappa shape index (κ3) is 4.72. The van der Waals surface area contributed by atoms with Crippen LogP contribution in [0.1, 0.15) is 55.1 Å². The number of carbonyl (C=O) groups excluding carboxylic acids is 1. The largest absolute Gasteiger partial charge is 0.326 e. The molecule has 0 radical (unpaired) electrons. The predicted molar refractivity (Wildman–Crippen MR) is 114 cm³/mol. The van der Waals surface area contributed by atoms with Gasteiger partial charge in [-0.05, 0) is 42.0 Å². The highest BCUT2D eigenvalue weighted by Gasteiger charge is 2.33. The highest BCUT2D eigenvalue weighted by molar-refractivity contribution is 5.93. The summed E-state index contributed by atoms with van der Waals surface area (Å²) in [5.74, 6) is 1.05. The van der Waals surface area contributed by atoms with E-state index in [1.807, 2.05) is 18.2 Å². The van der Waals surface area contributed by atoms with Crippen molar-refractivity contribution in [1.82, 2.24) is 5.32 Å². The van der Waals surface area contributed by atoms with Crippen LogP contribution in [0.4, 0.5) is 5.69 Å². The molecule has 2 aliphatic rings. The van der Waals surface area contributed by atoms with Gasteiger partial charge in [0.05, 0.1) is 5.92 Å². The number of hydrogen-bond donors (Lipinski definition) is 2. The molecule has 0 aromatic heterocycles. The highest BCUT2D eigenvalue weighted by atomic mass is 35.5. The van der Waals surface area contributed by atoms with Gasteiger partial charge in [0.1, 0.15) is 0 Å². The van der Waals surface area contributed by atoms with Crippen molar-refractivity contribution in [1.29, 1.82) is 0 Å². The Morgan fingerprint density at radius 1 is 0.852 bits per heavy atom. The summed E-state index contributed by atoms with van der Waals surface area (Å²) in [7, 11) is 0. The molecule has 0 unspecified atom stereocenters. The first-order chi connectivity index (χ1) is 12.8. The summed E-state index contributed by atoms with van der Waals surface area (Å²) in [5.41, 5.74) is 3.57. The first-order valence-electron chi connectivity index (χ1n) is 9.98. The summed E-state index contributed by atoms with van der Waals surface area (Å²) in [4.78, 5) is 12.8. The van der Waals surface area contributed by atoms with E-state index in [1.165, 1.54) is 43.2 Å². The molecule has 0 bridgehead atoms. The lowest BCUT2D eigenvalue weighted by atomic mass is 9.84. The zero-order chi connectivity index (χ0) is 17.8. The minimum absolute atomic E-state index is 0. The standard InChI is InChI=1S/C23H28N2O.ClH/c26-23(22-16-24-15-21(22)19-9-5-2-6-10-19)25-20-13-11-18(12-14-20)17-7-3-1-4-8-17;/h2,5-6,9-14,17,21-22,24H,1,3-4,7-8,15-16H2,(H,25,26);1H/t21-,22+;/m1./s1. The molecule has 1 amide bonds. The average molecular weight is 385 g/mol. The molecule has 1 aliphatic heterocycles. The van der Waals surface area contributed by atoms with Crippen LogP contribution in [0.2, 0.25) is 0 Å². The fourth-order valence-corrected chi connectivity index (χ4v) is 4.51. The second kappa shape index (κ2) is 9.38. The summed E-state index contributed by atoms with van der Waals surface area (Å²) in [6.07, 6.45) is 6.68. The minimum Gasteiger partial charge on any atom is -0.326 e. The summed E-state index contributed by atoms with van der Waals surface area (Å²) in [6.45, 7) is 1.61. The van der Waals surface area contributed by atoms with Crippen molar-refractivity contribution in [3.05, 3.63) is 65.7 Å². The third-order valence-corrected chi connectivity index (χ3v) is 6.03.